The standard InChI is InChI=1S/C32H45NO13/c1-7-10-43-28(40)33-21(16-8-9-16)23(37)27(39)46-17-12-32(42)26(45-15(3)34)24-30(6,18(35)11-19-31(24,41)13-44-19)25(38)22(36)20(14(17)2)29(32,4)5/h7,16-19,21-24,26,35-37,41-42H,1,8-13H2,2-6H3,(H,33,40)/t17-,18-,19+,21-,22+,23+,24-,26-,30+,31-,32+/m0/s1. The molecule has 0 aromatic heterocycles. The number of fused-ring (bicyclic) bond motifs is 5. The van der Waals surface area contributed by atoms with Gasteiger partial charge in [0.1, 0.15) is 36.1 Å². The third-order valence-electron chi connectivity index (χ3n) is 11.3. The Morgan fingerprint density at radius 1 is 1.15 bits per heavy atom. The van der Waals surface area contributed by atoms with Gasteiger partial charge in [-0.25, -0.2) is 9.59 Å². The van der Waals surface area contributed by atoms with E-state index in [1.165, 1.54) is 19.9 Å². The van der Waals surface area contributed by atoms with Crippen molar-refractivity contribution in [1.29, 1.82) is 0 Å². The third-order valence-corrected chi connectivity index (χ3v) is 11.3. The highest BCUT2D eigenvalue weighted by Crippen LogP contribution is 2.63. The first-order chi connectivity index (χ1) is 21.4. The van der Waals surface area contributed by atoms with Gasteiger partial charge in [0.15, 0.2) is 11.9 Å². The van der Waals surface area contributed by atoms with E-state index < -0.39 is 101 Å². The van der Waals surface area contributed by atoms with Gasteiger partial charge in [0.25, 0.3) is 0 Å². The van der Waals surface area contributed by atoms with E-state index >= 15 is 0 Å². The second-order valence-corrected chi connectivity index (χ2v) is 14.2. The number of carbonyl (C=O) groups is 4. The molecule has 6 N–H and O–H groups in total. The molecule has 4 aliphatic carbocycles. The predicted molar refractivity (Wildman–Crippen MR) is 157 cm³/mol. The van der Waals surface area contributed by atoms with E-state index in [2.05, 4.69) is 11.9 Å². The zero-order valence-electron chi connectivity index (χ0n) is 26.7. The van der Waals surface area contributed by atoms with E-state index in [-0.39, 0.29) is 36.7 Å². The summed E-state index contributed by atoms with van der Waals surface area (Å²) in [6.45, 7) is 10.2. The van der Waals surface area contributed by atoms with Gasteiger partial charge in [0.05, 0.1) is 30.3 Å². The van der Waals surface area contributed by atoms with Crippen LogP contribution in [0.2, 0.25) is 0 Å². The number of esters is 2. The quantitative estimate of drug-likeness (QED) is 0.114. The topological polar surface area (TPSA) is 218 Å². The first kappa shape index (κ1) is 34.5. The summed E-state index contributed by atoms with van der Waals surface area (Å²) in [7, 11) is 0. The number of ketones is 1. The number of aliphatic hydroxyl groups is 5. The molecule has 1 aliphatic heterocycles. The smallest absolute Gasteiger partial charge is 0.407 e. The number of hydrogen-bond donors (Lipinski definition) is 6. The molecule has 1 saturated heterocycles. The van der Waals surface area contributed by atoms with E-state index in [4.69, 9.17) is 18.9 Å². The first-order valence-electron chi connectivity index (χ1n) is 15.6. The fourth-order valence-electron chi connectivity index (χ4n) is 8.38. The minimum atomic E-state index is -2.20. The predicted octanol–water partition coefficient (Wildman–Crippen LogP) is -0.180. The van der Waals surface area contributed by atoms with Crippen molar-refractivity contribution in [3.05, 3.63) is 23.8 Å². The third kappa shape index (κ3) is 5.08. The fraction of sp³-hybridized carbons (Fsp3) is 0.750. The number of aliphatic hydroxyl groups excluding tert-OH is 3. The van der Waals surface area contributed by atoms with E-state index in [9.17, 15) is 44.7 Å². The molecule has 11 atom stereocenters. The van der Waals surface area contributed by atoms with Crippen molar-refractivity contribution in [2.75, 3.05) is 13.2 Å². The second-order valence-electron chi connectivity index (χ2n) is 14.2. The summed E-state index contributed by atoms with van der Waals surface area (Å²) in [5, 5.41) is 61.3. The van der Waals surface area contributed by atoms with Crippen LogP contribution in [0.3, 0.4) is 0 Å². The summed E-state index contributed by atoms with van der Waals surface area (Å²) in [6.07, 6.45) is -7.93. The molecule has 2 bridgehead atoms. The molecule has 3 saturated carbocycles. The molecule has 0 unspecified atom stereocenters. The van der Waals surface area contributed by atoms with Crippen molar-refractivity contribution in [2.45, 2.75) is 114 Å². The summed E-state index contributed by atoms with van der Waals surface area (Å²) in [5.41, 5.74) is -7.23. The molecule has 0 spiro atoms. The molecule has 46 heavy (non-hydrogen) atoms. The Morgan fingerprint density at radius 2 is 1.80 bits per heavy atom. The molecular weight excluding hydrogens is 606 g/mol. The maximum Gasteiger partial charge on any atom is 0.407 e. The normalized spacial score (nSPS) is 40.9. The van der Waals surface area contributed by atoms with Crippen molar-refractivity contribution in [1.82, 2.24) is 5.32 Å². The lowest BCUT2D eigenvalue weighted by Crippen LogP contribution is -2.81. The Labute approximate surface area is 266 Å². The number of amides is 1. The van der Waals surface area contributed by atoms with Gasteiger partial charge in [0.2, 0.25) is 0 Å². The minimum absolute atomic E-state index is 0.00795. The van der Waals surface area contributed by atoms with Crippen LogP contribution in [0.15, 0.2) is 23.8 Å². The summed E-state index contributed by atoms with van der Waals surface area (Å²) in [4.78, 5) is 52.6. The minimum Gasteiger partial charge on any atom is -0.459 e. The lowest BCUT2D eigenvalue weighted by atomic mass is 9.45. The molecule has 5 rings (SSSR count). The van der Waals surface area contributed by atoms with Crippen LogP contribution in [0, 0.1) is 22.7 Å². The molecule has 0 radical (unpaired) electrons. The van der Waals surface area contributed by atoms with Gasteiger partial charge >= 0.3 is 18.0 Å². The molecule has 0 aromatic carbocycles. The molecule has 4 fully saturated rings. The number of rotatable bonds is 8. The molecular formula is C32H45NO13. The Hall–Kier alpha value is -2.88. The van der Waals surface area contributed by atoms with Crippen molar-refractivity contribution >= 4 is 23.8 Å². The number of ether oxygens (including phenoxy) is 4. The average molecular weight is 652 g/mol. The van der Waals surface area contributed by atoms with Crippen molar-refractivity contribution in [2.24, 2.45) is 22.7 Å². The van der Waals surface area contributed by atoms with Crippen LogP contribution in [0.1, 0.15) is 60.3 Å². The second kappa shape index (κ2) is 11.7. The van der Waals surface area contributed by atoms with Crippen LogP contribution < -0.4 is 5.32 Å². The molecule has 14 nitrogen and oxygen atoms in total. The Kier molecular flexibility index (Phi) is 8.74. The first-order valence-corrected chi connectivity index (χ1v) is 15.6. The van der Waals surface area contributed by atoms with Crippen LogP contribution in [-0.4, -0.2) is 116 Å². The average Bonchev–Trinajstić information content (AvgIpc) is 3.82. The molecule has 1 heterocycles. The van der Waals surface area contributed by atoms with Crippen molar-refractivity contribution in [3.63, 3.8) is 0 Å². The van der Waals surface area contributed by atoms with Gasteiger partial charge < -0.3 is 49.8 Å². The van der Waals surface area contributed by atoms with E-state index in [1.54, 1.807) is 13.8 Å². The van der Waals surface area contributed by atoms with Crippen molar-refractivity contribution in [3.8, 4) is 0 Å². The zero-order chi connectivity index (χ0) is 34.1. The zero-order valence-corrected chi connectivity index (χ0v) is 26.7. The largest absolute Gasteiger partial charge is 0.459 e. The maximum absolute atomic E-state index is 14.3. The van der Waals surface area contributed by atoms with E-state index in [0.29, 0.717) is 12.8 Å². The van der Waals surface area contributed by atoms with Crippen LogP contribution >= 0.6 is 0 Å². The lowest BCUT2D eigenvalue weighted by molar-refractivity contribution is -0.345. The number of nitrogens with one attached hydrogen (secondary N) is 1. The highest BCUT2D eigenvalue weighted by atomic mass is 16.6. The van der Waals surface area contributed by atoms with Crippen LogP contribution in [0.4, 0.5) is 4.79 Å². The Morgan fingerprint density at radius 3 is 2.35 bits per heavy atom. The van der Waals surface area contributed by atoms with Gasteiger partial charge in [-0.15, -0.1) is 0 Å². The monoisotopic (exact) mass is 651 g/mol. The lowest BCUT2D eigenvalue weighted by Gasteiger charge is -2.66. The fourth-order valence-corrected chi connectivity index (χ4v) is 8.38. The van der Waals surface area contributed by atoms with Gasteiger partial charge in [-0.05, 0) is 43.8 Å². The van der Waals surface area contributed by atoms with E-state index in [1.807, 2.05) is 0 Å². The molecule has 14 heteroatoms. The van der Waals surface area contributed by atoms with Crippen LogP contribution in [0.5, 0.6) is 0 Å². The Balaban J connectivity index is 1.57. The van der Waals surface area contributed by atoms with Gasteiger partial charge in [-0.3, -0.25) is 9.59 Å². The molecule has 256 valence electrons. The van der Waals surface area contributed by atoms with Crippen LogP contribution in [0.25, 0.3) is 0 Å². The highest BCUT2D eigenvalue weighted by Gasteiger charge is 2.76. The molecule has 0 aromatic rings. The van der Waals surface area contributed by atoms with Gasteiger partial charge in [-0.2, -0.15) is 0 Å². The van der Waals surface area contributed by atoms with Crippen molar-refractivity contribution < 1.29 is 63.7 Å². The number of carbonyl (C=O) groups excluding carboxylic acids is 4. The summed E-state index contributed by atoms with van der Waals surface area (Å²) >= 11 is 0. The molecule has 1 amide bonds. The number of hydrogen-bond acceptors (Lipinski definition) is 13. The van der Waals surface area contributed by atoms with Gasteiger partial charge in [0, 0.05) is 31.1 Å². The SMILES string of the molecule is C=CCOC(=O)N[C@@H](C1CC1)[C@@H](O)C(=O)O[C@H]1C[C@@]2(O)[C@@H](OC(C)=O)[C@@H]3[C@]4(O)CO[C@@H]4C[C@H](O)[C@@]3(C)C(=O)[C@H](O)C(=C1C)C2(C)C. The maximum atomic E-state index is 14.3. The summed E-state index contributed by atoms with van der Waals surface area (Å²) < 4.78 is 22.0. The molecule has 5 aliphatic rings. The van der Waals surface area contributed by atoms with Crippen LogP contribution in [-0.2, 0) is 33.3 Å². The van der Waals surface area contributed by atoms with E-state index in [0.717, 1.165) is 6.92 Å². The summed E-state index contributed by atoms with van der Waals surface area (Å²) in [5.74, 6) is -4.51. The van der Waals surface area contributed by atoms with Gasteiger partial charge in [-0.1, -0.05) is 26.5 Å². The number of Topliss-reactive ketones (excluding diaryl/α,β-unsaturated/α-hetero) is 1. The highest BCUT2D eigenvalue weighted by molar-refractivity contribution is 5.93. The number of alkyl carbamates (subject to hydrolysis) is 1. The Bertz CT molecular complexity index is 1340. The summed E-state index contributed by atoms with van der Waals surface area (Å²) in [6, 6.07) is -1.04.